The van der Waals surface area contributed by atoms with Crippen LogP contribution in [0.2, 0.25) is 5.28 Å². The van der Waals surface area contributed by atoms with E-state index in [0.29, 0.717) is 59.6 Å². The first-order chi connectivity index (χ1) is 14.7. The van der Waals surface area contributed by atoms with Crippen molar-refractivity contribution >= 4 is 11.6 Å². The summed E-state index contributed by atoms with van der Waals surface area (Å²) in [6.45, 7) is 4.38. The van der Waals surface area contributed by atoms with Gasteiger partial charge < -0.3 is 14.0 Å². The summed E-state index contributed by atoms with van der Waals surface area (Å²) in [5.74, 6) is 4.31. The van der Waals surface area contributed by atoms with Crippen LogP contribution in [0.1, 0.15) is 31.4 Å². The van der Waals surface area contributed by atoms with Crippen molar-refractivity contribution < 1.29 is 22.6 Å². The van der Waals surface area contributed by atoms with Crippen molar-refractivity contribution in [2.24, 2.45) is 40.9 Å². The van der Waals surface area contributed by atoms with E-state index in [-0.39, 0.29) is 22.2 Å². The minimum atomic E-state index is -4.42. The summed E-state index contributed by atoms with van der Waals surface area (Å²) < 4.78 is 53.1. The highest BCUT2D eigenvalue weighted by molar-refractivity contribution is 6.28. The molecule has 6 fully saturated rings. The molecule has 0 saturated heterocycles. The van der Waals surface area contributed by atoms with Gasteiger partial charge in [-0.15, -0.1) is 0 Å². The first-order valence-corrected chi connectivity index (χ1v) is 10.9. The Kier molecular flexibility index (Phi) is 3.07. The number of halogens is 4. The molecule has 0 amide bonds. The molecule has 0 unspecified atom stereocenters. The van der Waals surface area contributed by atoms with E-state index in [1.807, 2.05) is 13.8 Å². The average molecular weight is 453 g/mol. The SMILES string of the molecule is COc1cnc(Cl)nc1OCC12C3C4C1C1C2C3C41c1nc(C(F)(F)F)cn1C(C)C. The van der Waals surface area contributed by atoms with E-state index < -0.39 is 11.9 Å². The zero-order chi connectivity index (χ0) is 21.7. The number of aromatic nitrogens is 4. The van der Waals surface area contributed by atoms with Gasteiger partial charge in [0.05, 0.1) is 19.9 Å². The molecule has 164 valence electrons. The number of hydrogen-bond acceptors (Lipinski definition) is 5. The maximum Gasteiger partial charge on any atom is 0.434 e. The minimum Gasteiger partial charge on any atom is -0.490 e. The highest BCUT2D eigenvalue weighted by Crippen LogP contribution is 3.09. The summed E-state index contributed by atoms with van der Waals surface area (Å²) in [6.07, 6.45) is -1.73. The Morgan fingerprint density at radius 2 is 1.77 bits per heavy atom. The van der Waals surface area contributed by atoms with Crippen LogP contribution >= 0.6 is 11.6 Å². The second-order valence-electron chi connectivity index (χ2n) is 9.95. The van der Waals surface area contributed by atoms with Crippen LogP contribution in [-0.2, 0) is 11.6 Å². The molecule has 8 rings (SSSR count). The second kappa shape index (κ2) is 5.13. The Hall–Kier alpha value is -2.03. The monoisotopic (exact) mass is 452 g/mol. The largest absolute Gasteiger partial charge is 0.490 e. The van der Waals surface area contributed by atoms with Crippen LogP contribution in [0.25, 0.3) is 0 Å². The third-order valence-electron chi connectivity index (χ3n) is 9.18. The normalized spacial score (nSPS) is 42.1. The first-order valence-electron chi connectivity index (χ1n) is 10.5. The van der Waals surface area contributed by atoms with Crippen molar-refractivity contribution in [1.29, 1.82) is 0 Å². The maximum atomic E-state index is 13.4. The van der Waals surface area contributed by atoms with Gasteiger partial charge in [0.2, 0.25) is 5.28 Å². The second-order valence-corrected chi connectivity index (χ2v) is 10.3. The van der Waals surface area contributed by atoms with Crippen molar-refractivity contribution in [2.75, 3.05) is 13.7 Å². The summed E-state index contributed by atoms with van der Waals surface area (Å²) in [5, 5.41) is 0.102. The molecule has 0 aliphatic heterocycles. The molecular weight excluding hydrogens is 433 g/mol. The Bertz CT molecular complexity index is 1090. The summed E-state index contributed by atoms with van der Waals surface area (Å²) >= 11 is 5.90. The molecule has 2 heterocycles. The van der Waals surface area contributed by atoms with E-state index in [0.717, 1.165) is 0 Å². The molecule has 2 aromatic heterocycles. The minimum absolute atomic E-state index is 0.0495. The molecule has 6 aliphatic carbocycles. The molecule has 0 N–H and O–H groups in total. The van der Waals surface area contributed by atoms with Crippen molar-refractivity contribution in [1.82, 2.24) is 19.5 Å². The maximum absolute atomic E-state index is 13.4. The van der Waals surface area contributed by atoms with E-state index in [1.54, 1.807) is 4.57 Å². The molecule has 6 nitrogen and oxygen atoms in total. The summed E-state index contributed by atoms with van der Waals surface area (Å²) in [6, 6.07) is -0.0495. The molecule has 0 radical (unpaired) electrons. The summed E-state index contributed by atoms with van der Waals surface area (Å²) in [7, 11) is 1.53. The van der Waals surface area contributed by atoms with Crippen molar-refractivity contribution in [3.05, 3.63) is 29.2 Å². The molecule has 2 aromatic rings. The number of nitrogens with zero attached hydrogens (tertiary/aromatic N) is 4. The fourth-order valence-electron chi connectivity index (χ4n) is 8.50. The van der Waals surface area contributed by atoms with Gasteiger partial charge in [0.25, 0.3) is 5.88 Å². The number of ether oxygens (including phenoxy) is 2. The van der Waals surface area contributed by atoms with Gasteiger partial charge >= 0.3 is 6.18 Å². The van der Waals surface area contributed by atoms with Gasteiger partial charge in [0.15, 0.2) is 11.4 Å². The number of alkyl halides is 3. The Balaban J connectivity index is 1.15. The Labute approximate surface area is 181 Å². The molecule has 10 heteroatoms. The van der Waals surface area contributed by atoms with E-state index in [4.69, 9.17) is 21.1 Å². The lowest BCUT2D eigenvalue weighted by atomic mass is 8.92. The molecule has 0 spiro atoms. The van der Waals surface area contributed by atoms with Gasteiger partial charge in [0, 0.05) is 23.1 Å². The fraction of sp³-hybridized carbons (Fsp3) is 0.667. The lowest BCUT2D eigenvalue weighted by Gasteiger charge is -3.10. The van der Waals surface area contributed by atoms with Crippen LogP contribution in [0.4, 0.5) is 13.2 Å². The van der Waals surface area contributed by atoms with Crippen molar-refractivity contribution in [2.45, 2.75) is 31.5 Å². The Morgan fingerprint density at radius 1 is 1.13 bits per heavy atom. The van der Waals surface area contributed by atoms with E-state index in [9.17, 15) is 13.2 Å². The van der Waals surface area contributed by atoms with Gasteiger partial charge in [-0.3, -0.25) is 0 Å². The number of hydrogen-bond donors (Lipinski definition) is 0. The predicted molar refractivity (Wildman–Crippen MR) is 102 cm³/mol. The molecule has 31 heavy (non-hydrogen) atoms. The standard InChI is InChI=1S/C21H20ClF3N4O2/c1-7(2)29-5-9(21(23,24)25)27-17(29)20-13-10-14(20)12-15(20)11(13)19(10,12)6-31-16-8(30-3)4-26-18(22)28-16/h4-5,7,10-15H,6H2,1-3H3. The van der Waals surface area contributed by atoms with E-state index >= 15 is 0 Å². The lowest BCUT2D eigenvalue weighted by Crippen LogP contribution is -3.12. The molecule has 0 aromatic carbocycles. The molecule has 6 aliphatic rings. The van der Waals surface area contributed by atoms with Crippen LogP contribution < -0.4 is 9.47 Å². The lowest BCUT2D eigenvalue weighted by molar-refractivity contribution is -0.632. The molecular formula is C21H20ClF3N4O2. The highest BCUT2D eigenvalue weighted by Gasteiger charge is 3.10. The highest BCUT2D eigenvalue weighted by atomic mass is 35.5. The summed E-state index contributed by atoms with van der Waals surface area (Å²) in [5.41, 5.74) is -0.756. The van der Waals surface area contributed by atoms with Crippen LogP contribution in [0, 0.1) is 40.9 Å². The third-order valence-corrected chi connectivity index (χ3v) is 9.36. The number of rotatable bonds is 6. The first kappa shape index (κ1) is 18.5. The van der Waals surface area contributed by atoms with E-state index in [1.165, 1.54) is 19.5 Å². The zero-order valence-electron chi connectivity index (χ0n) is 17.0. The van der Waals surface area contributed by atoms with Gasteiger partial charge in [0.1, 0.15) is 5.82 Å². The van der Waals surface area contributed by atoms with Crippen LogP contribution in [0.15, 0.2) is 12.4 Å². The van der Waals surface area contributed by atoms with Gasteiger partial charge in [-0.05, 0) is 61.0 Å². The van der Waals surface area contributed by atoms with Crippen LogP contribution in [0.5, 0.6) is 11.6 Å². The molecule has 0 bridgehead atoms. The fourth-order valence-corrected chi connectivity index (χ4v) is 8.63. The van der Waals surface area contributed by atoms with Crippen molar-refractivity contribution in [3.63, 3.8) is 0 Å². The van der Waals surface area contributed by atoms with Gasteiger partial charge in [-0.25, -0.2) is 9.97 Å². The summed E-state index contributed by atoms with van der Waals surface area (Å²) in [4.78, 5) is 12.2. The number of methoxy groups -OCH3 is 1. The van der Waals surface area contributed by atoms with Gasteiger partial charge in [-0.2, -0.15) is 18.2 Å². The van der Waals surface area contributed by atoms with Crippen molar-refractivity contribution in [3.8, 4) is 11.6 Å². The quantitative estimate of drug-likeness (QED) is 0.620. The molecule has 0 atom stereocenters. The third kappa shape index (κ3) is 1.65. The van der Waals surface area contributed by atoms with E-state index in [2.05, 4.69) is 15.0 Å². The Morgan fingerprint density at radius 3 is 2.32 bits per heavy atom. The topological polar surface area (TPSA) is 62.1 Å². The van der Waals surface area contributed by atoms with Crippen LogP contribution in [0.3, 0.4) is 0 Å². The zero-order valence-corrected chi connectivity index (χ0v) is 17.8. The number of imidazole rings is 1. The smallest absolute Gasteiger partial charge is 0.434 e. The predicted octanol–water partition coefficient (Wildman–Crippen LogP) is 4.00. The van der Waals surface area contributed by atoms with Crippen LogP contribution in [-0.4, -0.2) is 33.2 Å². The molecule has 6 saturated carbocycles. The average Bonchev–Trinajstić information content (AvgIpc) is 3.18. The van der Waals surface area contributed by atoms with Gasteiger partial charge in [-0.1, -0.05) is 0 Å².